The van der Waals surface area contributed by atoms with Gasteiger partial charge in [-0.1, -0.05) is 43.3 Å². The highest BCUT2D eigenvalue weighted by Crippen LogP contribution is 2.24. The summed E-state index contributed by atoms with van der Waals surface area (Å²) in [6.45, 7) is 8.95. The number of carbonyl (C=O) groups excluding carboxylic acids is 2. The topological polar surface area (TPSA) is 70.6 Å². The van der Waals surface area contributed by atoms with Gasteiger partial charge in [0.2, 0.25) is 11.8 Å². The monoisotopic (exact) mass is 347 g/mol. The number of amides is 2. The number of carbonyl (C=O) groups is 2. The molecule has 0 saturated carbocycles. The standard InChI is InChI=1S/C18H25N3O2S/c1-11(2)7-8-19-18-21-17(23)15(24-18)10-16(22)20-14-6-5-12(3)9-13(14)4/h5-6,9,11,15H,7-8,10H2,1-4H3,(H,20,22)(H,19,21,23)/t15-/m1/s1. The number of aryl methyl sites for hydroxylation is 2. The Morgan fingerprint density at radius 1 is 1.38 bits per heavy atom. The Morgan fingerprint density at radius 3 is 2.79 bits per heavy atom. The summed E-state index contributed by atoms with van der Waals surface area (Å²) in [6.07, 6.45) is 1.13. The minimum Gasteiger partial charge on any atom is -0.326 e. The number of rotatable bonds is 6. The Hall–Kier alpha value is -1.82. The van der Waals surface area contributed by atoms with Crippen LogP contribution in [0.4, 0.5) is 5.69 Å². The average Bonchev–Trinajstić information content (AvgIpc) is 2.81. The van der Waals surface area contributed by atoms with E-state index in [1.54, 1.807) is 0 Å². The Bertz CT molecular complexity index is 656. The lowest BCUT2D eigenvalue weighted by Crippen LogP contribution is -2.28. The molecule has 0 aliphatic carbocycles. The molecule has 1 aromatic carbocycles. The quantitative estimate of drug-likeness (QED) is 0.830. The SMILES string of the molecule is Cc1ccc(NC(=O)C[C@H]2SC(=NCCC(C)C)NC2=O)c(C)c1. The number of aliphatic imine (C=N–C) groups is 1. The largest absolute Gasteiger partial charge is 0.326 e. The normalized spacial score (nSPS) is 19.0. The fourth-order valence-electron chi connectivity index (χ4n) is 2.36. The van der Waals surface area contributed by atoms with Gasteiger partial charge in [-0.05, 0) is 37.8 Å². The molecule has 0 bridgehead atoms. The highest BCUT2D eigenvalue weighted by molar-refractivity contribution is 8.15. The van der Waals surface area contributed by atoms with Crippen molar-refractivity contribution in [2.24, 2.45) is 10.9 Å². The molecule has 2 N–H and O–H groups in total. The second-order valence-corrected chi connectivity index (χ2v) is 7.73. The first-order valence-electron chi connectivity index (χ1n) is 8.24. The smallest absolute Gasteiger partial charge is 0.240 e. The lowest BCUT2D eigenvalue weighted by Gasteiger charge is -2.10. The maximum absolute atomic E-state index is 12.2. The summed E-state index contributed by atoms with van der Waals surface area (Å²) in [7, 11) is 0. The average molecular weight is 347 g/mol. The van der Waals surface area contributed by atoms with Crippen LogP contribution in [0.3, 0.4) is 0 Å². The van der Waals surface area contributed by atoms with Crippen molar-refractivity contribution >= 4 is 34.4 Å². The Kier molecular flexibility index (Phi) is 6.43. The summed E-state index contributed by atoms with van der Waals surface area (Å²) in [4.78, 5) is 28.6. The van der Waals surface area contributed by atoms with Crippen molar-refractivity contribution in [3.8, 4) is 0 Å². The molecule has 0 spiro atoms. The molecule has 24 heavy (non-hydrogen) atoms. The van der Waals surface area contributed by atoms with Gasteiger partial charge in [0, 0.05) is 18.7 Å². The molecule has 1 aromatic rings. The van der Waals surface area contributed by atoms with Crippen LogP contribution in [0.1, 0.15) is 37.8 Å². The van der Waals surface area contributed by atoms with E-state index < -0.39 is 5.25 Å². The van der Waals surface area contributed by atoms with Crippen LogP contribution in [0.5, 0.6) is 0 Å². The first-order valence-corrected chi connectivity index (χ1v) is 9.12. The molecular formula is C18H25N3O2S. The predicted octanol–water partition coefficient (Wildman–Crippen LogP) is 3.27. The third kappa shape index (κ3) is 5.37. The molecule has 0 unspecified atom stereocenters. The first-order chi connectivity index (χ1) is 11.3. The van der Waals surface area contributed by atoms with Gasteiger partial charge in [0.15, 0.2) is 5.17 Å². The van der Waals surface area contributed by atoms with Crippen LogP contribution < -0.4 is 10.6 Å². The van der Waals surface area contributed by atoms with Crippen LogP contribution in [-0.2, 0) is 9.59 Å². The van der Waals surface area contributed by atoms with Crippen molar-refractivity contribution in [2.75, 3.05) is 11.9 Å². The number of nitrogens with one attached hydrogen (secondary N) is 2. The Morgan fingerprint density at radius 2 is 2.12 bits per heavy atom. The van der Waals surface area contributed by atoms with Crippen molar-refractivity contribution in [1.29, 1.82) is 0 Å². The van der Waals surface area contributed by atoms with Gasteiger partial charge in [0.25, 0.3) is 0 Å². The van der Waals surface area contributed by atoms with E-state index in [-0.39, 0.29) is 18.2 Å². The van der Waals surface area contributed by atoms with Gasteiger partial charge >= 0.3 is 0 Å². The minimum atomic E-state index is -0.409. The van der Waals surface area contributed by atoms with Crippen molar-refractivity contribution < 1.29 is 9.59 Å². The molecule has 1 saturated heterocycles. The van der Waals surface area contributed by atoms with Gasteiger partial charge < -0.3 is 10.6 Å². The second-order valence-electron chi connectivity index (χ2n) is 6.54. The van der Waals surface area contributed by atoms with E-state index in [9.17, 15) is 9.59 Å². The molecule has 2 rings (SSSR count). The molecule has 1 atom stereocenters. The van der Waals surface area contributed by atoms with Crippen molar-refractivity contribution in [3.05, 3.63) is 29.3 Å². The maximum atomic E-state index is 12.2. The fraction of sp³-hybridized carbons (Fsp3) is 0.500. The third-order valence-electron chi connectivity index (χ3n) is 3.77. The molecule has 130 valence electrons. The van der Waals surface area contributed by atoms with E-state index in [4.69, 9.17) is 0 Å². The Labute approximate surface area is 147 Å². The zero-order chi connectivity index (χ0) is 17.7. The molecule has 5 nitrogen and oxygen atoms in total. The van der Waals surface area contributed by atoms with E-state index in [1.165, 1.54) is 11.8 Å². The number of anilines is 1. The lowest BCUT2D eigenvalue weighted by molar-refractivity contribution is -0.122. The number of hydrogen-bond acceptors (Lipinski definition) is 4. The number of hydrogen-bond donors (Lipinski definition) is 2. The minimum absolute atomic E-state index is 0.140. The Balaban J connectivity index is 1.88. The summed E-state index contributed by atoms with van der Waals surface area (Å²) in [6, 6.07) is 5.87. The molecule has 1 fully saturated rings. The molecule has 1 heterocycles. The predicted molar refractivity (Wildman–Crippen MR) is 100 cm³/mol. The van der Waals surface area contributed by atoms with Crippen LogP contribution in [0.15, 0.2) is 23.2 Å². The van der Waals surface area contributed by atoms with Gasteiger partial charge in [0.05, 0.1) is 0 Å². The van der Waals surface area contributed by atoms with Gasteiger partial charge in [-0.2, -0.15) is 0 Å². The van der Waals surface area contributed by atoms with Crippen LogP contribution in [0.2, 0.25) is 0 Å². The fourth-order valence-corrected chi connectivity index (χ4v) is 3.36. The highest BCUT2D eigenvalue weighted by atomic mass is 32.2. The summed E-state index contributed by atoms with van der Waals surface area (Å²) in [5.41, 5.74) is 2.96. The third-order valence-corrected chi connectivity index (χ3v) is 4.88. The zero-order valence-electron chi connectivity index (χ0n) is 14.7. The van der Waals surface area contributed by atoms with E-state index in [2.05, 4.69) is 29.5 Å². The van der Waals surface area contributed by atoms with Gasteiger partial charge in [-0.25, -0.2) is 0 Å². The van der Waals surface area contributed by atoms with E-state index in [0.29, 0.717) is 17.6 Å². The van der Waals surface area contributed by atoms with Crippen LogP contribution in [0.25, 0.3) is 0 Å². The molecule has 6 heteroatoms. The van der Waals surface area contributed by atoms with Gasteiger partial charge in [-0.15, -0.1) is 0 Å². The van der Waals surface area contributed by atoms with Gasteiger partial charge in [0.1, 0.15) is 5.25 Å². The van der Waals surface area contributed by atoms with E-state index >= 15 is 0 Å². The van der Waals surface area contributed by atoms with E-state index in [0.717, 1.165) is 23.2 Å². The molecular weight excluding hydrogens is 322 g/mol. The molecule has 0 aromatic heterocycles. The summed E-state index contributed by atoms with van der Waals surface area (Å²) in [5.74, 6) is 0.285. The molecule has 1 aliphatic rings. The second kappa shape index (κ2) is 8.33. The van der Waals surface area contributed by atoms with Gasteiger partial charge in [-0.3, -0.25) is 14.6 Å². The van der Waals surface area contributed by atoms with Crippen molar-refractivity contribution in [3.63, 3.8) is 0 Å². The summed E-state index contributed by atoms with van der Waals surface area (Å²) in [5, 5.41) is 5.87. The summed E-state index contributed by atoms with van der Waals surface area (Å²) >= 11 is 1.34. The summed E-state index contributed by atoms with van der Waals surface area (Å²) < 4.78 is 0. The van der Waals surface area contributed by atoms with Crippen LogP contribution in [0, 0.1) is 19.8 Å². The zero-order valence-corrected chi connectivity index (χ0v) is 15.5. The highest BCUT2D eigenvalue weighted by Gasteiger charge is 2.32. The van der Waals surface area contributed by atoms with Crippen molar-refractivity contribution in [1.82, 2.24) is 5.32 Å². The number of amidine groups is 1. The van der Waals surface area contributed by atoms with Crippen LogP contribution in [-0.4, -0.2) is 28.8 Å². The van der Waals surface area contributed by atoms with Crippen LogP contribution >= 0.6 is 11.8 Å². The van der Waals surface area contributed by atoms with E-state index in [1.807, 2.05) is 32.0 Å². The number of thioether (sulfide) groups is 1. The number of nitrogens with zero attached hydrogens (tertiary/aromatic N) is 1. The maximum Gasteiger partial charge on any atom is 0.240 e. The lowest BCUT2D eigenvalue weighted by atomic mass is 10.1. The molecule has 2 amide bonds. The molecule has 0 radical (unpaired) electrons. The first kappa shape index (κ1) is 18.5. The number of benzene rings is 1. The molecule has 1 aliphatic heterocycles. The van der Waals surface area contributed by atoms with Crippen molar-refractivity contribution in [2.45, 2.75) is 45.8 Å².